The van der Waals surface area contributed by atoms with Gasteiger partial charge in [-0.3, -0.25) is 4.79 Å². The van der Waals surface area contributed by atoms with Crippen LogP contribution in [0.4, 0.5) is 5.69 Å². The molecule has 2 atom stereocenters. The minimum Gasteiger partial charge on any atom is -0.493 e. The smallest absolute Gasteiger partial charge is 0.330 e. The number of anilines is 1. The first-order chi connectivity index (χ1) is 14.4. The third-order valence-electron chi connectivity index (χ3n) is 5.00. The number of esters is 1. The second-order valence-electron chi connectivity index (χ2n) is 7.12. The van der Waals surface area contributed by atoms with Gasteiger partial charge >= 0.3 is 16.2 Å². The van der Waals surface area contributed by atoms with Gasteiger partial charge in [0.05, 0.1) is 18.7 Å². The molecule has 0 aromatic heterocycles. The lowest BCUT2D eigenvalue weighted by molar-refractivity contribution is -0.144. The Labute approximate surface area is 174 Å². The van der Waals surface area contributed by atoms with Crippen LogP contribution in [0.5, 0.6) is 5.75 Å². The summed E-state index contributed by atoms with van der Waals surface area (Å²) in [7, 11) is -3.96. The molecule has 1 saturated carbocycles. The van der Waals surface area contributed by atoms with Gasteiger partial charge in [-0.05, 0) is 42.5 Å². The Morgan fingerprint density at radius 3 is 2.67 bits per heavy atom. The van der Waals surface area contributed by atoms with E-state index >= 15 is 0 Å². The van der Waals surface area contributed by atoms with Gasteiger partial charge in [0, 0.05) is 0 Å². The van der Waals surface area contributed by atoms with Crippen molar-refractivity contribution in [3.8, 4) is 5.75 Å². The Kier molecular flexibility index (Phi) is 5.29. The molecule has 2 N–H and O–H groups in total. The summed E-state index contributed by atoms with van der Waals surface area (Å²) in [6.45, 7) is 2.34. The Morgan fingerprint density at radius 2 is 2.00 bits per heavy atom. The van der Waals surface area contributed by atoms with Crippen LogP contribution in [-0.2, 0) is 26.3 Å². The van der Waals surface area contributed by atoms with Crippen molar-refractivity contribution in [2.75, 3.05) is 10.9 Å². The van der Waals surface area contributed by atoms with Crippen molar-refractivity contribution in [2.24, 2.45) is 5.92 Å². The van der Waals surface area contributed by atoms with Crippen molar-refractivity contribution in [1.29, 1.82) is 0 Å². The van der Waals surface area contributed by atoms with Crippen LogP contribution in [0.1, 0.15) is 30.4 Å². The summed E-state index contributed by atoms with van der Waals surface area (Å²) >= 11 is 0. The maximum absolute atomic E-state index is 12.3. The van der Waals surface area contributed by atoms with Crippen molar-refractivity contribution < 1.29 is 27.8 Å². The number of nitrogens with one attached hydrogen (secondary N) is 1. The number of aliphatic hydroxyl groups is 1. The fraction of sp³-hybridized carbons (Fsp3) is 0.286. The molecule has 2 aromatic carbocycles. The molecular formula is C21H22N2O6S. The topological polar surface area (TPSA) is 105 Å². The molecule has 1 heterocycles. The Balaban J connectivity index is 1.63. The molecule has 1 aliphatic heterocycles. The van der Waals surface area contributed by atoms with Crippen LogP contribution in [-0.4, -0.2) is 26.1 Å². The largest absolute Gasteiger partial charge is 0.493 e. The van der Waals surface area contributed by atoms with E-state index in [2.05, 4.69) is 0 Å². The highest BCUT2D eigenvalue weighted by molar-refractivity contribution is 7.91. The second-order valence-corrected chi connectivity index (χ2v) is 8.67. The summed E-state index contributed by atoms with van der Waals surface area (Å²) in [5.41, 5.74) is 2.06. The maximum Gasteiger partial charge on any atom is 0.330 e. The molecular weight excluding hydrogens is 408 g/mol. The Morgan fingerprint density at radius 1 is 1.23 bits per heavy atom. The van der Waals surface area contributed by atoms with Crippen LogP contribution >= 0.6 is 0 Å². The van der Waals surface area contributed by atoms with Crippen molar-refractivity contribution in [2.45, 2.75) is 25.9 Å². The average molecular weight is 430 g/mol. The number of rotatable bonds is 7. The fourth-order valence-corrected chi connectivity index (χ4v) is 4.52. The van der Waals surface area contributed by atoms with E-state index in [4.69, 9.17) is 9.47 Å². The molecule has 30 heavy (non-hydrogen) atoms. The van der Waals surface area contributed by atoms with E-state index < -0.39 is 16.1 Å². The minimum absolute atomic E-state index is 0.00873. The minimum atomic E-state index is -3.96. The number of carbonyl (C=O) groups is 1. The van der Waals surface area contributed by atoms with Gasteiger partial charge in [-0.25, -0.2) is 9.03 Å². The highest BCUT2D eigenvalue weighted by Crippen LogP contribution is 2.50. The first-order valence-corrected chi connectivity index (χ1v) is 11.0. The highest BCUT2D eigenvalue weighted by Gasteiger charge is 2.45. The fourth-order valence-electron chi connectivity index (χ4n) is 3.45. The van der Waals surface area contributed by atoms with Gasteiger partial charge in [-0.2, -0.15) is 8.42 Å². The standard InChI is InChI=1S/C21H22N2O6S/c1-2-28-21(25)17-11-16(17)15-8-9-18(23-12-20(24)22-30(23,26)27)19(10-15)29-13-14-6-4-3-5-7-14/h3-10,12,16-17,22,24H,2,11,13H2,1H3. The summed E-state index contributed by atoms with van der Waals surface area (Å²) in [5, 5.41) is 9.63. The van der Waals surface area contributed by atoms with Crippen LogP contribution in [0.2, 0.25) is 0 Å². The number of aliphatic hydroxyl groups excluding tert-OH is 1. The molecule has 0 saturated heterocycles. The first kappa shape index (κ1) is 20.1. The average Bonchev–Trinajstić information content (AvgIpc) is 3.47. The van der Waals surface area contributed by atoms with Gasteiger partial charge in [0.25, 0.3) is 0 Å². The lowest BCUT2D eigenvalue weighted by Crippen LogP contribution is -2.29. The van der Waals surface area contributed by atoms with Crippen LogP contribution in [0.3, 0.4) is 0 Å². The van der Waals surface area contributed by atoms with Gasteiger partial charge in [0.2, 0.25) is 5.88 Å². The van der Waals surface area contributed by atoms with Gasteiger partial charge in [-0.1, -0.05) is 36.4 Å². The molecule has 158 valence electrons. The molecule has 2 aromatic rings. The van der Waals surface area contributed by atoms with E-state index in [1.807, 2.05) is 35.1 Å². The normalized spacial score (nSPS) is 21.5. The van der Waals surface area contributed by atoms with Gasteiger partial charge in [0.1, 0.15) is 18.0 Å². The summed E-state index contributed by atoms with van der Waals surface area (Å²) in [4.78, 5) is 12.0. The summed E-state index contributed by atoms with van der Waals surface area (Å²) in [6, 6.07) is 14.6. The molecule has 0 radical (unpaired) electrons. The number of hydrogen-bond acceptors (Lipinski definition) is 6. The van der Waals surface area contributed by atoms with Crippen molar-refractivity contribution >= 4 is 21.9 Å². The van der Waals surface area contributed by atoms with Crippen LogP contribution in [0.25, 0.3) is 0 Å². The Bertz CT molecular complexity index is 1080. The quantitative estimate of drug-likeness (QED) is 0.655. The van der Waals surface area contributed by atoms with Crippen molar-refractivity contribution in [3.05, 3.63) is 71.7 Å². The number of carbonyl (C=O) groups excluding carboxylic acids is 1. The zero-order valence-electron chi connectivity index (χ0n) is 16.3. The molecule has 2 aliphatic rings. The molecule has 4 rings (SSSR count). The monoisotopic (exact) mass is 430 g/mol. The second kappa shape index (κ2) is 7.91. The van der Waals surface area contributed by atoms with Crippen molar-refractivity contribution in [1.82, 2.24) is 4.72 Å². The molecule has 1 aliphatic carbocycles. The Hall–Kier alpha value is -3.20. The molecule has 9 heteroatoms. The predicted octanol–water partition coefficient (Wildman–Crippen LogP) is 2.94. The van der Waals surface area contributed by atoms with Crippen molar-refractivity contribution in [3.63, 3.8) is 0 Å². The SMILES string of the molecule is CCOC(=O)C1CC1c1ccc(N2C=C(O)NS2(=O)=O)c(OCc2ccccc2)c1. The lowest BCUT2D eigenvalue weighted by Gasteiger charge is -2.19. The number of hydrogen-bond donors (Lipinski definition) is 2. The van der Waals surface area contributed by atoms with Gasteiger partial charge < -0.3 is 14.6 Å². The van der Waals surface area contributed by atoms with Crippen LogP contribution in [0, 0.1) is 5.92 Å². The zero-order chi connectivity index (χ0) is 21.3. The third kappa shape index (κ3) is 4.06. The highest BCUT2D eigenvalue weighted by atomic mass is 32.2. The predicted molar refractivity (Wildman–Crippen MR) is 110 cm³/mol. The van der Waals surface area contributed by atoms with E-state index in [0.29, 0.717) is 18.8 Å². The molecule has 0 spiro atoms. The van der Waals surface area contributed by atoms with E-state index in [-0.39, 0.29) is 30.1 Å². The molecule has 1 fully saturated rings. The molecule has 0 bridgehead atoms. The van der Waals surface area contributed by atoms with Crippen LogP contribution < -0.4 is 13.8 Å². The summed E-state index contributed by atoms with van der Waals surface area (Å²) in [6.07, 6.45) is 1.76. The molecule has 8 nitrogen and oxygen atoms in total. The number of benzene rings is 2. The molecule has 0 amide bonds. The van der Waals surface area contributed by atoms with Gasteiger partial charge in [-0.15, -0.1) is 0 Å². The number of ether oxygens (including phenoxy) is 2. The summed E-state index contributed by atoms with van der Waals surface area (Å²) in [5.74, 6) is -0.550. The van der Waals surface area contributed by atoms with E-state index in [9.17, 15) is 18.3 Å². The van der Waals surface area contributed by atoms with Crippen LogP contribution in [0.15, 0.2) is 60.6 Å². The third-order valence-corrected chi connectivity index (χ3v) is 6.29. The van der Waals surface area contributed by atoms with Gasteiger partial charge in [0.15, 0.2) is 0 Å². The lowest BCUT2D eigenvalue weighted by atomic mass is 10.1. The van der Waals surface area contributed by atoms with E-state index in [1.165, 1.54) is 0 Å². The summed E-state index contributed by atoms with van der Waals surface area (Å²) < 4.78 is 38.7. The van der Waals surface area contributed by atoms with E-state index in [0.717, 1.165) is 21.6 Å². The molecule has 2 unspecified atom stereocenters. The zero-order valence-corrected chi connectivity index (χ0v) is 17.1. The first-order valence-electron chi connectivity index (χ1n) is 9.59. The number of nitrogens with zero attached hydrogens (tertiary/aromatic N) is 1. The van der Waals surface area contributed by atoms with E-state index in [1.54, 1.807) is 25.1 Å². The maximum atomic E-state index is 12.3.